The van der Waals surface area contributed by atoms with Crippen LogP contribution in [0.25, 0.3) is 0 Å². The molecule has 0 aliphatic carbocycles. The summed E-state index contributed by atoms with van der Waals surface area (Å²) in [6, 6.07) is 10.5. The van der Waals surface area contributed by atoms with Crippen molar-refractivity contribution in [2.24, 2.45) is 5.92 Å². The van der Waals surface area contributed by atoms with Gasteiger partial charge in [-0.1, -0.05) is 44.2 Å². The third-order valence-corrected chi connectivity index (χ3v) is 2.66. The quantitative estimate of drug-likeness (QED) is 0.650. The van der Waals surface area contributed by atoms with Crippen molar-refractivity contribution < 1.29 is 4.79 Å². The fraction of sp³-hybridized carbons (Fsp3) is 0.462. The van der Waals surface area contributed by atoms with Crippen molar-refractivity contribution in [1.82, 2.24) is 0 Å². The summed E-state index contributed by atoms with van der Waals surface area (Å²) in [6.45, 7) is 4.19. The number of hydrogen-bond acceptors (Lipinski definition) is 1. The molecule has 0 amide bonds. The fourth-order valence-corrected chi connectivity index (χ4v) is 1.53. The van der Waals surface area contributed by atoms with Gasteiger partial charge in [-0.25, -0.2) is 0 Å². The predicted octanol–water partition coefficient (Wildman–Crippen LogP) is 3.41. The molecule has 2 unspecified atom stereocenters. The average molecular weight is 190 g/mol. The van der Waals surface area contributed by atoms with E-state index in [1.54, 1.807) is 0 Å². The summed E-state index contributed by atoms with van der Waals surface area (Å²) >= 11 is 0. The van der Waals surface area contributed by atoms with Gasteiger partial charge in [0.1, 0.15) is 6.29 Å². The molecule has 1 rings (SSSR count). The molecule has 0 radical (unpaired) electrons. The lowest BCUT2D eigenvalue weighted by atomic mass is 9.93. The van der Waals surface area contributed by atoms with E-state index in [4.69, 9.17) is 0 Å². The topological polar surface area (TPSA) is 17.1 Å². The molecule has 0 aromatic heterocycles. The standard InChI is InChI=1S/C13H18O/c1-11(10-14)8-9-12(2)13-6-4-3-5-7-13/h3-7,10-12H,8-9H2,1-2H3. The lowest BCUT2D eigenvalue weighted by Crippen LogP contribution is -2.00. The molecule has 76 valence electrons. The lowest BCUT2D eigenvalue weighted by molar-refractivity contribution is -0.110. The summed E-state index contributed by atoms with van der Waals surface area (Å²) < 4.78 is 0. The Morgan fingerprint density at radius 2 is 1.79 bits per heavy atom. The van der Waals surface area contributed by atoms with Gasteiger partial charge in [0.15, 0.2) is 0 Å². The summed E-state index contributed by atoms with van der Waals surface area (Å²) in [6.07, 6.45) is 3.11. The Balaban J connectivity index is 2.43. The first-order chi connectivity index (χ1) is 6.74. The Morgan fingerprint density at radius 1 is 1.14 bits per heavy atom. The largest absolute Gasteiger partial charge is 0.303 e. The molecule has 0 bridgehead atoms. The monoisotopic (exact) mass is 190 g/mol. The molecule has 1 aromatic rings. The molecule has 0 saturated heterocycles. The number of carbonyl (C=O) groups is 1. The lowest BCUT2D eigenvalue weighted by Gasteiger charge is -2.12. The molecule has 0 spiro atoms. The first-order valence-electron chi connectivity index (χ1n) is 5.24. The number of aldehydes is 1. The van der Waals surface area contributed by atoms with Gasteiger partial charge in [0.2, 0.25) is 0 Å². The van der Waals surface area contributed by atoms with Crippen LogP contribution in [0.3, 0.4) is 0 Å². The van der Waals surface area contributed by atoms with Gasteiger partial charge in [0.25, 0.3) is 0 Å². The minimum Gasteiger partial charge on any atom is -0.303 e. The van der Waals surface area contributed by atoms with Crippen molar-refractivity contribution >= 4 is 6.29 Å². The Bertz CT molecular complexity index is 266. The molecule has 14 heavy (non-hydrogen) atoms. The van der Waals surface area contributed by atoms with Crippen LogP contribution in [-0.4, -0.2) is 6.29 Å². The summed E-state index contributed by atoms with van der Waals surface area (Å²) in [7, 11) is 0. The highest BCUT2D eigenvalue weighted by Gasteiger charge is 2.07. The number of carbonyl (C=O) groups excluding carboxylic acids is 1. The molecule has 2 atom stereocenters. The van der Waals surface area contributed by atoms with Crippen LogP contribution in [0, 0.1) is 5.92 Å². The molecule has 0 saturated carbocycles. The maximum Gasteiger partial charge on any atom is 0.122 e. The van der Waals surface area contributed by atoms with Gasteiger partial charge in [0.05, 0.1) is 0 Å². The van der Waals surface area contributed by atoms with Gasteiger partial charge in [-0.3, -0.25) is 0 Å². The van der Waals surface area contributed by atoms with E-state index in [2.05, 4.69) is 31.2 Å². The number of rotatable bonds is 5. The predicted molar refractivity (Wildman–Crippen MR) is 59.3 cm³/mol. The number of hydrogen-bond donors (Lipinski definition) is 0. The van der Waals surface area contributed by atoms with Crippen molar-refractivity contribution in [3.8, 4) is 0 Å². The van der Waals surface area contributed by atoms with Crippen LogP contribution >= 0.6 is 0 Å². The van der Waals surface area contributed by atoms with Crippen LogP contribution in [0.2, 0.25) is 0 Å². The van der Waals surface area contributed by atoms with Crippen molar-refractivity contribution in [2.75, 3.05) is 0 Å². The van der Waals surface area contributed by atoms with Crippen molar-refractivity contribution in [3.63, 3.8) is 0 Å². The van der Waals surface area contributed by atoms with Gasteiger partial charge in [0, 0.05) is 5.92 Å². The molecule has 1 aromatic carbocycles. The third-order valence-electron chi connectivity index (χ3n) is 2.66. The van der Waals surface area contributed by atoms with Gasteiger partial charge in [-0.05, 0) is 24.3 Å². The molecule has 0 heterocycles. The van der Waals surface area contributed by atoms with E-state index < -0.39 is 0 Å². The SMILES string of the molecule is CC(C=O)CCC(C)c1ccccc1. The van der Waals surface area contributed by atoms with Gasteiger partial charge < -0.3 is 4.79 Å². The van der Waals surface area contributed by atoms with Gasteiger partial charge >= 0.3 is 0 Å². The third kappa shape index (κ3) is 3.33. The smallest absolute Gasteiger partial charge is 0.122 e. The normalized spacial score (nSPS) is 14.7. The highest BCUT2D eigenvalue weighted by atomic mass is 16.1. The molecule has 1 heteroatoms. The highest BCUT2D eigenvalue weighted by molar-refractivity contribution is 5.52. The molecule has 0 aliphatic heterocycles. The van der Waals surface area contributed by atoms with Crippen molar-refractivity contribution in [1.29, 1.82) is 0 Å². The van der Waals surface area contributed by atoms with Gasteiger partial charge in [-0.2, -0.15) is 0 Å². The van der Waals surface area contributed by atoms with Crippen molar-refractivity contribution in [2.45, 2.75) is 32.6 Å². The molecule has 0 aliphatic rings. The second-order valence-electron chi connectivity index (χ2n) is 4.00. The van der Waals surface area contributed by atoms with Crippen LogP contribution in [-0.2, 0) is 4.79 Å². The molecular weight excluding hydrogens is 172 g/mol. The zero-order chi connectivity index (χ0) is 10.4. The van der Waals surface area contributed by atoms with Crippen LogP contribution in [0.4, 0.5) is 0 Å². The molecule has 0 fully saturated rings. The fourth-order valence-electron chi connectivity index (χ4n) is 1.53. The Hall–Kier alpha value is -1.11. The van der Waals surface area contributed by atoms with E-state index in [0.717, 1.165) is 19.1 Å². The van der Waals surface area contributed by atoms with Gasteiger partial charge in [-0.15, -0.1) is 0 Å². The Morgan fingerprint density at radius 3 is 2.36 bits per heavy atom. The summed E-state index contributed by atoms with van der Waals surface area (Å²) in [5.41, 5.74) is 1.37. The second kappa shape index (κ2) is 5.58. The zero-order valence-electron chi connectivity index (χ0n) is 8.94. The summed E-state index contributed by atoms with van der Waals surface area (Å²) in [4.78, 5) is 10.5. The highest BCUT2D eigenvalue weighted by Crippen LogP contribution is 2.21. The maximum atomic E-state index is 10.5. The van der Waals surface area contributed by atoms with Crippen LogP contribution in [0.5, 0.6) is 0 Å². The maximum absolute atomic E-state index is 10.5. The number of benzene rings is 1. The van der Waals surface area contributed by atoms with Crippen LogP contribution < -0.4 is 0 Å². The van der Waals surface area contributed by atoms with E-state index in [0.29, 0.717) is 5.92 Å². The van der Waals surface area contributed by atoms with E-state index >= 15 is 0 Å². The first-order valence-corrected chi connectivity index (χ1v) is 5.24. The van der Waals surface area contributed by atoms with E-state index in [9.17, 15) is 4.79 Å². The summed E-state index contributed by atoms with van der Waals surface area (Å²) in [5.74, 6) is 0.750. The van der Waals surface area contributed by atoms with Crippen molar-refractivity contribution in [3.05, 3.63) is 35.9 Å². The second-order valence-corrected chi connectivity index (χ2v) is 4.00. The minimum atomic E-state index is 0.196. The van der Waals surface area contributed by atoms with Crippen LogP contribution in [0.15, 0.2) is 30.3 Å². The molecule has 0 N–H and O–H groups in total. The van der Waals surface area contributed by atoms with Crippen LogP contribution in [0.1, 0.15) is 38.2 Å². The Kier molecular flexibility index (Phi) is 4.37. The summed E-state index contributed by atoms with van der Waals surface area (Å²) in [5, 5.41) is 0. The first kappa shape index (κ1) is 11.0. The van der Waals surface area contributed by atoms with E-state index in [1.807, 2.05) is 13.0 Å². The molecule has 1 nitrogen and oxygen atoms in total. The molecular formula is C13H18O. The minimum absolute atomic E-state index is 0.196. The Labute approximate surface area is 86.1 Å². The zero-order valence-corrected chi connectivity index (χ0v) is 8.94. The van der Waals surface area contributed by atoms with E-state index in [1.165, 1.54) is 5.56 Å². The van der Waals surface area contributed by atoms with E-state index in [-0.39, 0.29) is 5.92 Å². The average Bonchev–Trinajstić information content (AvgIpc) is 2.26.